The normalized spacial score (nSPS) is 13.1. The van der Waals surface area contributed by atoms with E-state index in [0.717, 1.165) is 0 Å². The van der Waals surface area contributed by atoms with Gasteiger partial charge >= 0.3 is 30.9 Å². The summed E-state index contributed by atoms with van der Waals surface area (Å²) in [4.78, 5) is 0. The number of halogens is 15. The first-order valence-electron chi connectivity index (χ1n) is 14.9. The molecule has 0 saturated heterocycles. The van der Waals surface area contributed by atoms with Crippen LogP contribution in [0.2, 0.25) is 0 Å². The molecule has 0 radical (unpaired) electrons. The molecule has 4 aromatic carbocycles. The van der Waals surface area contributed by atoms with Crippen molar-refractivity contribution in [1.29, 1.82) is 21.0 Å². The second kappa shape index (κ2) is 13.5. The van der Waals surface area contributed by atoms with E-state index in [1.807, 2.05) is 0 Å². The number of benzene rings is 4. The van der Waals surface area contributed by atoms with Crippen molar-refractivity contribution in [3.63, 3.8) is 0 Å². The van der Waals surface area contributed by atoms with Crippen LogP contribution in [0.4, 0.5) is 65.9 Å². The molecule has 0 amide bonds. The van der Waals surface area contributed by atoms with Crippen LogP contribution < -0.4 is 0 Å². The summed E-state index contributed by atoms with van der Waals surface area (Å²) < 4.78 is 199. The van der Waals surface area contributed by atoms with Crippen molar-refractivity contribution in [2.45, 2.75) is 30.9 Å². The van der Waals surface area contributed by atoms with Crippen LogP contribution in [0.5, 0.6) is 0 Å². The third-order valence-electron chi connectivity index (χ3n) is 8.38. The van der Waals surface area contributed by atoms with Crippen molar-refractivity contribution < 1.29 is 65.9 Å². The van der Waals surface area contributed by atoms with Crippen molar-refractivity contribution in [3.05, 3.63) is 128 Å². The molecule has 0 aromatic heterocycles. The highest BCUT2D eigenvalue weighted by Gasteiger charge is 2.45. The topological polar surface area (TPSA) is 95.2 Å². The van der Waals surface area contributed by atoms with Crippen LogP contribution in [0.15, 0.2) is 77.9 Å². The Labute approximate surface area is 303 Å². The zero-order valence-electron chi connectivity index (χ0n) is 26.8. The summed E-state index contributed by atoms with van der Waals surface area (Å²) in [6.07, 6.45) is -25.5. The van der Waals surface area contributed by atoms with Gasteiger partial charge in [-0.25, -0.2) is 0 Å². The predicted octanol–water partition coefficient (Wildman–Crippen LogP) is 12.1. The van der Waals surface area contributed by atoms with Gasteiger partial charge < -0.3 is 0 Å². The van der Waals surface area contributed by atoms with Gasteiger partial charge in [-0.2, -0.15) is 86.9 Å². The molecule has 4 aromatic rings. The molecule has 284 valence electrons. The van der Waals surface area contributed by atoms with E-state index in [1.165, 1.54) is 36.4 Å². The van der Waals surface area contributed by atoms with Gasteiger partial charge in [0, 0.05) is 22.3 Å². The van der Waals surface area contributed by atoms with Gasteiger partial charge in [0.25, 0.3) is 0 Å². The number of hydrogen-bond donors (Lipinski definition) is 0. The fourth-order valence-electron chi connectivity index (χ4n) is 6.20. The highest BCUT2D eigenvalue weighted by Crippen LogP contribution is 2.54. The number of nitrogens with zero attached hydrogens (tertiary/aromatic N) is 4. The Morgan fingerprint density at radius 3 is 1.05 bits per heavy atom. The Hall–Kier alpha value is -6.73. The van der Waals surface area contributed by atoms with E-state index in [0.29, 0.717) is 30.3 Å². The summed E-state index contributed by atoms with van der Waals surface area (Å²) in [7, 11) is 0. The standard InChI is InChI=1S/C19H5F9N2.C18H6F6N2/c20-17(21,22)9-1-2-11-12(3-9)15(8(6-29)7-30)13-4-10(18(23,24)25)5-14(16(11)13)19(26,27)28;19-17(20,21)10-5-13-15(9(7-25)8-26)11-3-1-2-4-12(11)16(13)14(6-10)18(22,23)24/h1-5H;1-6H. The average Bonchev–Trinajstić information content (AvgIpc) is 3.60. The Kier molecular flexibility index (Phi) is 9.78. The molecular formula is C37H11F15N4. The minimum absolute atomic E-state index is 0.0292. The van der Waals surface area contributed by atoms with E-state index in [4.69, 9.17) is 21.0 Å². The van der Waals surface area contributed by atoms with Crippen LogP contribution in [-0.4, -0.2) is 0 Å². The number of hydrogen-bond acceptors (Lipinski definition) is 4. The highest BCUT2D eigenvalue weighted by atomic mass is 19.4. The lowest BCUT2D eigenvalue weighted by Crippen LogP contribution is -2.13. The molecule has 0 atom stereocenters. The van der Waals surface area contributed by atoms with Crippen LogP contribution in [0, 0.1) is 45.3 Å². The van der Waals surface area contributed by atoms with Crippen LogP contribution >= 0.6 is 0 Å². The van der Waals surface area contributed by atoms with Gasteiger partial charge in [-0.1, -0.05) is 30.3 Å². The molecule has 2 aliphatic carbocycles. The first kappa shape index (κ1) is 40.5. The quantitative estimate of drug-likeness (QED) is 0.113. The van der Waals surface area contributed by atoms with Crippen molar-refractivity contribution >= 4 is 11.1 Å². The van der Waals surface area contributed by atoms with E-state index < -0.39 is 109 Å². The zero-order chi connectivity index (χ0) is 41.9. The summed E-state index contributed by atoms with van der Waals surface area (Å²) in [6, 6.07) is 13.6. The van der Waals surface area contributed by atoms with Crippen molar-refractivity contribution in [2.24, 2.45) is 0 Å². The Morgan fingerprint density at radius 2 is 0.696 bits per heavy atom. The number of alkyl halides is 15. The minimum atomic E-state index is -5.29. The number of nitriles is 4. The second-order valence-corrected chi connectivity index (χ2v) is 11.6. The SMILES string of the molecule is N#CC(C#N)=C1c2cc(C(F)(F)F)ccc2-c2c1cc(C(F)(F)F)cc2C(F)(F)F.N#CC(C#N)=C1c2ccccc2-c2c1cc(C(F)(F)F)cc2C(F)(F)F. The van der Waals surface area contributed by atoms with E-state index in [2.05, 4.69) is 0 Å². The Morgan fingerprint density at radius 1 is 0.357 bits per heavy atom. The molecule has 0 bridgehead atoms. The van der Waals surface area contributed by atoms with Crippen LogP contribution in [0.3, 0.4) is 0 Å². The smallest absolute Gasteiger partial charge is 0.192 e. The molecule has 0 aliphatic heterocycles. The molecule has 56 heavy (non-hydrogen) atoms. The van der Waals surface area contributed by atoms with Crippen LogP contribution in [0.1, 0.15) is 50.1 Å². The minimum Gasteiger partial charge on any atom is -0.192 e. The first-order valence-corrected chi connectivity index (χ1v) is 14.9. The molecule has 0 fully saturated rings. The Balaban J connectivity index is 0.000000216. The molecule has 4 nitrogen and oxygen atoms in total. The molecule has 0 N–H and O–H groups in total. The molecular weight excluding hydrogens is 785 g/mol. The lowest BCUT2D eigenvalue weighted by atomic mass is 9.94. The average molecular weight is 796 g/mol. The van der Waals surface area contributed by atoms with Gasteiger partial charge in [-0.05, 0) is 69.8 Å². The molecule has 0 spiro atoms. The maximum Gasteiger partial charge on any atom is 0.417 e. The van der Waals surface area contributed by atoms with Crippen LogP contribution in [-0.2, 0) is 30.9 Å². The van der Waals surface area contributed by atoms with Crippen molar-refractivity contribution in [2.75, 3.05) is 0 Å². The lowest BCUT2D eigenvalue weighted by molar-refractivity contribution is -0.144. The number of allylic oxidation sites excluding steroid dienone is 2. The van der Waals surface area contributed by atoms with Gasteiger partial charge in [0.15, 0.2) is 0 Å². The number of fused-ring (bicyclic) bond motifs is 6. The van der Waals surface area contributed by atoms with E-state index in [-0.39, 0.29) is 28.8 Å². The van der Waals surface area contributed by atoms with Crippen molar-refractivity contribution in [3.8, 4) is 46.5 Å². The summed E-state index contributed by atoms with van der Waals surface area (Å²) >= 11 is 0. The summed E-state index contributed by atoms with van der Waals surface area (Å²) in [5, 5.41) is 36.5. The van der Waals surface area contributed by atoms with Crippen LogP contribution in [0.25, 0.3) is 33.4 Å². The summed E-state index contributed by atoms with van der Waals surface area (Å²) in [5.41, 5.74) is -13.5. The maximum absolute atomic E-state index is 13.6. The third kappa shape index (κ3) is 7.11. The number of rotatable bonds is 0. The Bertz CT molecular complexity index is 2520. The van der Waals surface area contributed by atoms with Crippen molar-refractivity contribution in [1.82, 2.24) is 0 Å². The van der Waals surface area contributed by atoms with Gasteiger partial charge in [-0.3, -0.25) is 0 Å². The zero-order valence-corrected chi connectivity index (χ0v) is 26.8. The molecule has 0 saturated carbocycles. The van der Waals surface area contributed by atoms with Gasteiger partial charge in [-0.15, -0.1) is 0 Å². The van der Waals surface area contributed by atoms with Gasteiger partial charge in [0.1, 0.15) is 35.4 Å². The molecule has 6 rings (SSSR count). The predicted molar refractivity (Wildman–Crippen MR) is 163 cm³/mol. The van der Waals surface area contributed by atoms with Gasteiger partial charge in [0.2, 0.25) is 0 Å². The molecule has 0 unspecified atom stereocenters. The molecule has 19 heteroatoms. The summed E-state index contributed by atoms with van der Waals surface area (Å²) in [6.45, 7) is 0. The largest absolute Gasteiger partial charge is 0.417 e. The van der Waals surface area contributed by atoms with E-state index >= 15 is 0 Å². The molecule has 0 heterocycles. The monoisotopic (exact) mass is 796 g/mol. The van der Waals surface area contributed by atoms with E-state index in [1.54, 1.807) is 12.1 Å². The third-order valence-corrected chi connectivity index (χ3v) is 8.38. The maximum atomic E-state index is 13.6. The lowest BCUT2D eigenvalue weighted by Gasteiger charge is -2.17. The fraction of sp³-hybridized carbons (Fsp3) is 0.135. The molecule has 2 aliphatic rings. The summed E-state index contributed by atoms with van der Waals surface area (Å²) in [5.74, 6) is 0. The highest BCUT2D eigenvalue weighted by molar-refractivity contribution is 6.06. The second-order valence-electron chi connectivity index (χ2n) is 11.6. The van der Waals surface area contributed by atoms with Gasteiger partial charge in [0.05, 0.1) is 27.8 Å². The first-order chi connectivity index (χ1) is 25.8. The fourth-order valence-corrected chi connectivity index (χ4v) is 6.20. The van der Waals surface area contributed by atoms with E-state index in [9.17, 15) is 65.9 Å².